The number of rotatable bonds is 7. The molecule has 1 heterocycles. The van der Waals surface area contributed by atoms with Crippen LogP contribution in [0.4, 0.5) is 4.39 Å². The maximum atomic E-state index is 13.3. The Bertz CT molecular complexity index is 980. The second-order valence-electron chi connectivity index (χ2n) is 6.40. The minimum Gasteiger partial charge on any atom is -0.493 e. The zero-order valence-electron chi connectivity index (χ0n) is 16.0. The summed E-state index contributed by atoms with van der Waals surface area (Å²) in [5.74, 6) is 0.224. The summed E-state index contributed by atoms with van der Waals surface area (Å²) in [6.45, 7) is 2.66. The highest BCUT2D eigenvalue weighted by Gasteiger charge is 2.29. The lowest BCUT2D eigenvalue weighted by Gasteiger charge is -2.14. The average Bonchev–Trinajstić information content (AvgIpc) is 2.94. The van der Waals surface area contributed by atoms with Gasteiger partial charge in [0.2, 0.25) is 0 Å². The van der Waals surface area contributed by atoms with E-state index < -0.39 is 0 Å². The van der Waals surface area contributed by atoms with Crippen LogP contribution in [-0.4, -0.2) is 29.6 Å². The van der Waals surface area contributed by atoms with Gasteiger partial charge in [-0.3, -0.25) is 9.69 Å². The van der Waals surface area contributed by atoms with Crippen molar-refractivity contribution in [2.24, 2.45) is 0 Å². The van der Waals surface area contributed by atoms with E-state index in [2.05, 4.69) is 5.32 Å². The molecule has 1 saturated heterocycles. The summed E-state index contributed by atoms with van der Waals surface area (Å²) < 4.78 is 24.5. The second-order valence-corrected chi connectivity index (χ2v) is 7.19. The molecule has 2 aromatic rings. The molecule has 0 bridgehead atoms. The van der Waals surface area contributed by atoms with E-state index in [0.29, 0.717) is 45.0 Å². The van der Waals surface area contributed by atoms with E-state index in [1.54, 1.807) is 30.3 Å². The fraction of sp³-hybridized carbons (Fsp3) is 0.238. The summed E-state index contributed by atoms with van der Waals surface area (Å²) in [5.41, 5.74) is 1.69. The molecular formula is C21H20ClFN2O3S. The number of carbonyl (C=O) groups excluding carboxylic acids is 1. The van der Waals surface area contributed by atoms with Crippen molar-refractivity contribution in [2.45, 2.75) is 20.0 Å². The fourth-order valence-corrected chi connectivity index (χ4v) is 3.47. The van der Waals surface area contributed by atoms with E-state index in [9.17, 15) is 9.18 Å². The van der Waals surface area contributed by atoms with Crippen LogP contribution in [0.15, 0.2) is 42.1 Å². The third kappa shape index (κ3) is 4.86. The number of hydrogen-bond donors (Lipinski definition) is 1. The van der Waals surface area contributed by atoms with Crippen LogP contribution in [0, 0.1) is 5.82 Å². The molecule has 1 fully saturated rings. The first-order valence-electron chi connectivity index (χ1n) is 9.02. The number of ether oxygens (including phenoxy) is 2. The van der Waals surface area contributed by atoms with Crippen LogP contribution in [0.2, 0.25) is 5.02 Å². The van der Waals surface area contributed by atoms with Crippen molar-refractivity contribution in [2.75, 3.05) is 13.7 Å². The van der Waals surface area contributed by atoms with Gasteiger partial charge in [-0.05, 0) is 60.1 Å². The molecule has 0 aromatic heterocycles. The Kier molecular flexibility index (Phi) is 6.71. The lowest BCUT2D eigenvalue weighted by molar-refractivity contribution is -0.122. The fourth-order valence-electron chi connectivity index (χ4n) is 2.91. The molecule has 0 unspecified atom stereocenters. The summed E-state index contributed by atoms with van der Waals surface area (Å²) in [5, 5.41) is 3.63. The molecule has 3 rings (SSSR count). The molecule has 1 N–H and O–H groups in total. The third-order valence-corrected chi connectivity index (χ3v) is 4.85. The number of halogens is 2. The van der Waals surface area contributed by atoms with Crippen molar-refractivity contribution in [3.05, 3.63) is 64.1 Å². The lowest BCUT2D eigenvalue weighted by Crippen LogP contribution is -2.31. The predicted octanol–water partition coefficient (Wildman–Crippen LogP) is 4.53. The van der Waals surface area contributed by atoms with Crippen LogP contribution in [0.5, 0.6) is 11.5 Å². The largest absolute Gasteiger partial charge is 0.493 e. The number of amides is 1. The third-order valence-electron chi connectivity index (χ3n) is 4.24. The summed E-state index contributed by atoms with van der Waals surface area (Å²) in [4.78, 5) is 14.0. The average molecular weight is 435 g/mol. The Labute approximate surface area is 179 Å². The van der Waals surface area contributed by atoms with E-state index in [0.717, 1.165) is 6.42 Å². The van der Waals surface area contributed by atoms with Crippen molar-refractivity contribution in [1.82, 2.24) is 10.2 Å². The smallest absolute Gasteiger partial charge is 0.276 e. The van der Waals surface area contributed by atoms with Gasteiger partial charge in [0.25, 0.3) is 5.91 Å². The van der Waals surface area contributed by atoms with E-state index in [1.165, 1.54) is 24.1 Å². The number of carbonyl (C=O) groups is 1. The highest BCUT2D eigenvalue weighted by Crippen LogP contribution is 2.37. The van der Waals surface area contributed by atoms with Gasteiger partial charge in [0.05, 0.1) is 12.1 Å². The Hall–Kier alpha value is -2.64. The minimum atomic E-state index is -0.338. The Morgan fingerprint density at radius 1 is 1.31 bits per heavy atom. The van der Waals surface area contributed by atoms with Gasteiger partial charge >= 0.3 is 0 Å². The van der Waals surface area contributed by atoms with Gasteiger partial charge in [0, 0.05) is 6.54 Å². The minimum absolute atomic E-state index is 0.133. The molecule has 152 valence electrons. The summed E-state index contributed by atoms with van der Waals surface area (Å²) in [6, 6.07) is 9.50. The van der Waals surface area contributed by atoms with Gasteiger partial charge in [0.15, 0.2) is 16.6 Å². The normalized spacial score (nSPS) is 15.0. The lowest BCUT2D eigenvalue weighted by atomic mass is 10.1. The Balaban J connectivity index is 1.83. The maximum absolute atomic E-state index is 13.3. The highest BCUT2D eigenvalue weighted by atomic mass is 35.5. The molecule has 0 spiro atoms. The first kappa shape index (κ1) is 21.1. The molecule has 8 heteroatoms. The van der Waals surface area contributed by atoms with Crippen LogP contribution < -0.4 is 14.8 Å². The van der Waals surface area contributed by atoms with Crippen LogP contribution in [-0.2, 0) is 11.4 Å². The van der Waals surface area contributed by atoms with Crippen LogP contribution in [0.1, 0.15) is 24.5 Å². The summed E-state index contributed by atoms with van der Waals surface area (Å²) in [6.07, 6.45) is 2.47. The van der Waals surface area contributed by atoms with Crippen LogP contribution in [0.3, 0.4) is 0 Å². The first-order chi connectivity index (χ1) is 13.9. The van der Waals surface area contributed by atoms with Crippen molar-refractivity contribution in [3.63, 3.8) is 0 Å². The quantitative estimate of drug-likeness (QED) is 0.512. The van der Waals surface area contributed by atoms with E-state index in [4.69, 9.17) is 33.3 Å². The van der Waals surface area contributed by atoms with Gasteiger partial charge in [-0.25, -0.2) is 4.39 Å². The van der Waals surface area contributed by atoms with Crippen LogP contribution in [0.25, 0.3) is 6.08 Å². The van der Waals surface area contributed by atoms with Gasteiger partial charge in [0.1, 0.15) is 18.1 Å². The first-order valence-corrected chi connectivity index (χ1v) is 9.81. The molecule has 29 heavy (non-hydrogen) atoms. The van der Waals surface area contributed by atoms with E-state index in [1.807, 2.05) is 6.92 Å². The number of nitrogens with zero attached hydrogens (tertiary/aromatic N) is 1. The molecule has 2 aromatic carbocycles. The van der Waals surface area contributed by atoms with Crippen molar-refractivity contribution >= 4 is 40.9 Å². The molecule has 0 atom stereocenters. The van der Waals surface area contributed by atoms with E-state index in [-0.39, 0.29) is 18.3 Å². The van der Waals surface area contributed by atoms with Gasteiger partial charge in [-0.15, -0.1) is 0 Å². The standard InChI is InChI=1S/C21H20ClFN2O3S/c1-3-7-25-20(26)17(24-21(25)29)10-14-9-16(22)19(18(11-14)27-2)28-12-13-5-4-6-15(23)8-13/h4-6,8-11H,3,7,12H2,1-2H3,(H,24,29)/b17-10-. The molecule has 1 aliphatic rings. The zero-order chi connectivity index (χ0) is 21.0. The molecule has 1 amide bonds. The van der Waals surface area contributed by atoms with Crippen LogP contribution >= 0.6 is 23.8 Å². The topological polar surface area (TPSA) is 50.8 Å². The molecular weight excluding hydrogens is 415 g/mol. The number of thiocarbonyl (C=S) groups is 1. The Morgan fingerprint density at radius 3 is 2.79 bits per heavy atom. The molecule has 0 radical (unpaired) electrons. The van der Waals surface area contributed by atoms with Gasteiger partial charge < -0.3 is 14.8 Å². The zero-order valence-corrected chi connectivity index (χ0v) is 17.6. The summed E-state index contributed by atoms with van der Waals surface area (Å²) >= 11 is 11.6. The molecule has 1 aliphatic heterocycles. The predicted molar refractivity (Wildman–Crippen MR) is 114 cm³/mol. The number of benzene rings is 2. The number of methoxy groups -OCH3 is 1. The summed E-state index contributed by atoms with van der Waals surface area (Å²) in [7, 11) is 1.49. The van der Waals surface area contributed by atoms with Gasteiger partial charge in [-0.2, -0.15) is 0 Å². The Morgan fingerprint density at radius 2 is 2.10 bits per heavy atom. The highest BCUT2D eigenvalue weighted by molar-refractivity contribution is 7.80. The van der Waals surface area contributed by atoms with Crippen molar-refractivity contribution < 1.29 is 18.7 Å². The number of nitrogens with one attached hydrogen (secondary N) is 1. The molecule has 0 aliphatic carbocycles. The monoisotopic (exact) mass is 434 g/mol. The SMILES string of the molecule is CCCN1C(=O)/C(=C/c2cc(Cl)c(OCc3cccc(F)c3)c(OC)c2)NC1=S. The van der Waals surface area contributed by atoms with Crippen molar-refractivity contribution in [1.29, 1.82) is 0 Å². The number of hydrogen-bond acceptors (Lipinski definition) is 4. The molecule has 5 nitrogen and oxygen atoms in total. The second kappa shape index (κ2) is 9.24. The van der Waals surface area contributed by atoms with Gasteiger partial charge in [-0.1, -0.05) is 30.7 Å². The van der Waals surface area contributed by atoms with E-state index >= 15 is 0 Å². The maximum Gasteiger partial charge on any atom is 0.276 e. The molecule has 0 saturated carbocycles. The van der Waals surface area contributed by atoms with Crippen molar-refractivity contribution in [3.8, 4) is 11.5 Å².